The highest BCUT2D eigenvalue weighted by molar-refractivity contribution is 5.20. The van der Waals surface area contributed by atoms with Crippen LogP contribution in [0.25, 0.3) is 0 Å². The number of aliphatic hydroxyl groups is 2. The number of hydrogen-bond acceptors (Lipinski definition) is 4. The van der Waals surface area contributed by atoms with E-state index in [0.717, 1.165) is 25.7 Å². The minimum absolute atomic E-state index is 0.0588. The molecule has 0 amide bonds. The Balaban J connectivity index is 1.92. The van der Waals surface area contributed by atoms with Crippen molar-refractivity contribution in [1.82, 2.24) is 0 Å². The monoisotopic (exact) mass is 364 g/mol. The van der Waals surface area contributed by atoms with E-state index in [2.05, 4.69) is 34.3 Å². The third-order valence-corrected chi connectivity index (χ3v) is 9.33. The van der Waals surface area contributed by atoms with E-state index in [1.807, 2.05) is 6.08 Å². The Bertz CT molecular complexity index is 585. The van der Waals surface area contributed by atoms with Gasteiger partial charge in [-0.3, -0.25) is 0 Å². The van der Waals surface area contributed by atoms with Crippen LogP contribution in [0.1, 0.15) is 59.8 Å². The van der Waals surface area contributed by atoms with Crippen molar-refractivity contribution in [1.29, 1.82) is 0 Å². The van der Waals surface area contributed by atoms with E-state index in [-0.39, 0.29) is 22.7 Å². The number of rotatable bonds is 1. The summed E-state index contributed by atoms with van der Waals surface area (Å²) in [5.41, 5.74) is -0.837. The van der Waals surface area contributed by atoms with Gasteiger partial charge in [-0.05, 0) is 42.9 Å². The minimum Gasteiger partial charge on any atom is -0.393 e. The molecule has 1 heterocycles. The Morgan fingerprint density at radius 2 is 1.69 bits per heavy atom. The first-order chi connectivity index (χ1) is 12.2. The molecule has 4 nitrogen and oxygen atoms in total. The zero-order valence-electron chi connectivity index (χ0n) is 16.8. The molecule has 0 aromatic heterocycles. The second-order valence-corrected chi connectivity index (χ2v) is 10.1. The van der Waals surface area contributed by atoms with Gasteiger partial charge < -0.3 is 19.7 Å². The summed E-state index contributed by atoms with van der Waals surface area (Å²) in [4.78, 5) is 0. The maximum absolute atomic E-state index is 11.5. The molecule has 4 rings (SSSR count). The van der Waals surface area contributed by atoms with E-state index in [4.69, 9.17) is 9.47 Å². The first-order valence-electron chi connectivity index (χ1n) is 10.4. The van der Waals surface area contributed by atoms with Gasteiger partial charge in [-0.2, -0.15) is 0 Å². The van der Waals surface area contributed by atoms with E-state index in [1.165, 1.54) is 0 Å². The van der Waals surface area contributed by atoms with Crippen molar-refractivity contribution in [3.8, 4) is 0 Å². The Labute approximate surface area is 158 Å². The van der Waals surface area contributed by atoms with Crippen molar-refractivity contribution < 1.29 is 19.7 Å². The third kappa shape index (κ3) is 2.10. The molecule has 1 aliphatic heterocycles. The Kier molecular flexibility index (Phi) is 4.21. The van der Waals surface area contributed by atoms with Crippen LogP contribution in [0.15, 0.2) is 12.7 Å². The van der Waals surface area contributed by atoms with Gasteiger partial charge in [0.05, 0.1) is 25.4 Å². The van der Waals surface area contributed by atoms with Gasteiger partial charge in [0.2, 0.25) is 0 Å². The third-order valence-electron chi connectivity index (χ3n) is 9.33. The summed E-state index contributed by atoms with van der Waals surface area (Å²) in [7, 11) is 0. The summed E-state index contributed by atoms with van der Waals surface area (Å²) in [5, 5.41) is 22.9. The highest BCUT2D eigenvalue weighted by atomic mass is 16.7. The van der Waals surface area contributed by atoms with Crippen LogP contribution in [0.5, 0.6) is 0 Å². The summed E-state index contributed by atoms with van der Waals surface area (Å²) in [6.07, 6.45) is 5.38. The lowest BCUT2D eigenvalue weighted by atomic mass is 9.43. The average Bonchev–Trinajstić information content (AvgIpc) is 3.23. The number of ether oxygens (including phenoxy) is 2. The molecule has 8 atom stereocenters. The van der Waals surface area contributed by atoms with Gasteiger partial charge in [0.15, 0.2) is 5.79 Å². The average molecular weight is 365 g/mol. The highest BCUT2D eigenvalue weighted by Crippen LogP contribution is 2.72. The predicted octanol–water partition coefficient (Wildman–Crippen LogP) is 3.52. The smallest absolute Gasteiger partial charge is 0.172 e. The molecule has 3 saturated carbocycles. The van der Waals surface area contributed by atoms with Crippen molar-refractivity contribution in [2.24, 2.45) is 34.0 Å². The van der Waals surface area contributed by atoms with Crippen molar-refractivity contribution in [3.63, 3.8) is 0 Å². The maximum atomic E-state index is 11.5. The van der Waals surface area contributed by atoms with Gasteiger partial charge in [-0.15, -0.1) is 6.58 Å². The van der Waals surface area contributed by atoms with E-state index < -0.39 is 23.4 Å². The molecule has 148 valence electrons. The largest absolute Gasteiger partial charge is 0.393 e. The molecule has 3 aliphatic carbocycles. The number of aliphatic hydroxyl groups excluding tert-OH is 2. The van der Waals surface area contributed by atoms with Crippen molar-refractivity contribution in [3.05, 3.63) is 12.7 Å². The van der Waals surface area contributed by atoms with Gasteiger partial charge in [0.1, 0.15) is 0 Å². The van der Waals surface area contributed by atoms with Gasteiger partial charge >= 0.3 is 0 Å². The molecule has 4 heteroatoms. The molecule has 0 aromatic carbocycles. The molecular formula is C22H36O4. The van der Waals surface area contributed by atoms with Crippen molar-refractivity contribution in [2.45, 2.75) is 77.8 Å². The topological polar surface area (TPSA) is 58.9 Å². The highest BCUT2D eigenvalue weighted by Gasteiger charge is 2.73. The fourth-order valence-electron chi connectivity index (χ4n) is 7.44. The molecule has 4 fully saturated rings. The fraction of sp³-hybridized carbons (Fsp3) is 0.909. The van der Waals surface area contributed by atoms with E-state index in [1.54, 1.807) is 0 Å². The van der Waals surface area contributed by atoms with Crippen LogP contribution in [0.4, 0.5) is 0 Å². The lowest BCUT2D eigenvalue weighted by Gasteiger charge is -2.63. The summed E-state index contributed by atoms with van der Waals surface area (Å²) in [6, 6.07) is 0. The van der Waals surface area contributed by atoms with Gasteiger partial charge in [0, 0.05) is 23.2 Å². The lowest BCUT2D eigenvalue weighted by molar-refractivity contribution is -0.281. The predicted molar refractivity (Wildman–Crippen MR) is 100 cm³/mol. The molecule has 2 bridgehead atoms. The Morgan fingerprint density at radius 3 is 2.31 bits per heavy atom. The van der Waals surface area contributed by atoms with Crippen LogP contribution in [0, 0.1) is 34.0 Å². The maximum Gasteiger partial charge on any atom is 0.172 e. The normalized spacial score (nSPS) is 56.0. The molecule has 1 spiro atoms. The molecule has 26 heavy (non-hydrogen) atoms. The van der Waals surface area contributed by atoms with Gasteiger partial charge in [0.25, 0.3) is 0 Å². The first-order valence-corrected chi connectivity index (χ1v) is 10.4. The van der Waals surface area contributed by atoms with E-state index in [9.17, 15) is 10.2 Å². The Hall–Kier alpha value is -0.420. The van der Waals surface area contributed by atoms with Gasteiger partial charge in [-0.1, -0.05) is 33.8 Å². The molecule has 0 radical (unpaired) electrons. The summed E-state index contributed by atoms with van der Waals surface area (Å²) in [6.45, 7) is 14.1. The number of hydrogen-bond donors (Lipinski definition) is 2. The van der Waals surface area contributed by atoms with Crippen LogP contribution in [-0.4, -0.2) is 41.4 Å². The fourth-order valence-corrected chi connectivity index (χ4v) is 7.44. The standard InChI is InChI=1S/C22H36O4/c1-6-19(4)13-16(23)20(5)14(2)7-8-21(15(3)17(19)24)9-10-22(18(20)21)25-11-12-26-22/h6,14-18,23-24H,1,7-13H2,2-5H3/t14-,15-,16-,17+,18?,19+,20+,21+/m1/s1. The van der Waals surface area contributed by atoms with Crippen LogP contribution in [0.2, 0.25) is 0 Å². The molecule has 1 saturated heterocycles. The summed E-state index contributed by atoms with van der Waals surface area (Å²) < 4.78 is 12.6. The first kappa shape index (κ1) is 18.9. The van der Waals surface area contributed by atoms with Crippen LogP contribution >= 0.6 is 0 Å². The van der Waals surface area contributed by atoms with Crippen molar-refractivity contribution in [2.75, 3.05) is 13.2 Å². The zero-order chi connectivity index (χ0) is 19.0. The summed E-state index contributed by atoms with van der Waals surface area (Å²) >= 11 is 0. The SMILES string of the molecule is C=C[C@@]1(C)C[C@@H](O)[C@@]2(C)C3C4(CC[C@@]3(CC[C@H]2C)[C@H](C)[C@@H]1O)OCCO4. The quantitative estimate of drug-likeness (QED) is 0.699. The van der Waals surface area contributed by atoms with E-state index in [0.29, 0.717) is 25.6 Å². The zero-order valence-corrected chi connectivity index (χ0v) is 16.8. The molecule has 1 unspecified atom stereocenters. The van der Waals surface area contributed by atoms with Crippen LogP contribution in [-0.2, 0) is 9.47 Å². The molecule has 4 aliphatic rings. The minimum atomic E-state index is -0.583. The summed E-state index contributed by atoms with van der Waals surface area (Å²) in [5.74, 6) is 0.0278. The van der Waals surface area contributed by atoms with E-state index >= 15 is 0 Å². The molecular weight excluding hydrogens is 328 g/mol. The van der Waals surface area contributed by atoms with Gasteiger partial charge in [-0.25, -0.2) is 0 Å². The van der Waals surface area contributed by atoms with Crippen molar-refractivity contribution >= 4 is 0 Å². The Morgan fingerprint density at radius 1 is 1.04 bits per heavy atom. The van der Waals surface area contributed by atoms with Crippen LogP contribution < -0.4 is 0 Å². The lowest BCUT2D eigenvalue weighted by Crippen LogP contribution is -2.65. The second-order valence-electron chi connectivity index (χ2n) is 10.1. The second kappa shape index (κ2) is 5.79. The molecule has 2 N–H and O–H groups in total. The van der Waals surface area contributed by atoms with Crippen LogP contribution in [0.3, 0.4) is 0 Å². The molecule has 0 aromatic rings.